The monoisotopic (exact) mass is 198 g/mol. The fourth-order valence-corrected chi connectivity index (χ4v) is 1.50. The van der Waals surface area contributed by atoms with Gasteiger partial charge in [-0.3, -0.25) is 0 Å². The second-order valence-electron chi connectivity index (χ2n) is 3.17. The number of phenolic OH excluding ortho intramolecular Hbond substituents is 1. The predicted molar refractivity (Wildman–Crippen MR) is 56.4 cm³/mol. The van der Waals surface area contributed by atoms with Gasteiger partial charge >= 0.3 is 0 Å². The maximum Gasteiger partial charge on any atom is 0.115 e. The highest BCUT2D eigenvalue weighted by atomic mass is 35.5. The zero-order chi connectivity index (χ0) is 9.52. The minimum atomic E-state index is 0.356. The zero-order valence-corrected chi connectivity index (χ0v) is 8.43. The molecule has 1 N–H and O–H groups in total. The summed E-state index contributed by atoms with van der Waals surface area (Å²) in [6, 6.07) is 7.44. The predicted octanol–water partition coefficient (Wildman–Crippen LogP) is 3.34. The van der Waals surface area contributed by atoms with Crippen molar-refractivity contribution in [3.8, 4) is 5.75 Å². The van der Waals surface area contributed by atoms with Gasteiger partial charge in [0.15, 0.2) is 0 Å². The quantitative estimate of drug-likeness (QED) is 0.569. The number of benzene rings is 1. The third-order valence-corrected chi connectivity index (χ3v) is 2.28. The lowest BCUT2D eigenvalue weighted by molar-refractivity contribution is 0.474. The van der Waals surface area contributed by atoms with Crippen molar-refractivity contribution >= 4 is 11.6 Å². The van der Waals surface area contributed by atoms with Crippen LogP contribution in [0.5, 0.6) is 5.75 Å². The Balaban J connectivity index is 2.28. The highest BCUT2D eigenvalue weighted by Gasteiger charge is 1.94. The summed E-state index contributed by atoms with van der Waals surface area (Å²) in [5.41, 5.74) is 1.20. The van der Waals surface area contributed by atoms with E-state index >= 15 is 0 Å². The van der Waals surface area contributed by atoms with Crippen LogP contribution in [0.15, 0.2) is 24.3 Å². The lowest BCUT2D eigenvalue weighted by atomic mass is 10.1. The van der Waals surface area contributed by atoms with Crippen molar-refractivity contribution in [3.63, 3.8) is 0 Å². The molecule has 0 heterocycles. The number of hydrogen-bond acceptors (Lipinski definition) is 1. The fourth-order valence-electron chi connectivity index (χ4n) is 1.31. The molecule has 0 saturated carbocycles. The van der Waals surface area contributed by atoms with E-state index in [1.54, 1.807) is 6.07 Å². The van der Waals surface area contributed by atoms with Gasteiger partial charge in [0.25, 0.3) is 0 Å². The maximum atomic E-state index is 9.19. The zero-order valence-electron chi connectivity index (χ0n) is 7.67. The Bertz CT molecular complexity index is 248. The first-order valence-electron chi connectivity index (χ1n) is 4.67. The molecular formula is C11H15ClO. The van der Waals surface area contributed by atoms with Gasteiger partial charge in [0.1, 0.15) is 5.75 Å². The van der Waals surface area contributed by atoms with Crippen molar-refractivity contribution < 1.29 is 5.11 Å². The Morgan fingerprint density at radius 3 is 2.69 bits per heavy atom. The summed E-state index contributed by atoms with van der Waals surface area (Å²) < 4.78 is 0. The molecule has 0 spiro atoms. The van der Waals surface area contributed by atoms with Crippen LogP contribution in [0.3, 0.4) is 0 Å². The minimum Gasteiger partial charge on any atom is -0.508 e. The number of rotatable bonds is 5. The molecule has 0 aliphatic rings. The second-order valence-corrected chi connectivity index (χ2v) is 3.55. The topological polar surface area (TPSA) is 20.2 Å². The fraction of sp³-hybridized carbons (Fsp3) is 0.455. The number of aromatic hydroxyl groups is 1. The number of hydrogen-bond donors (Lipinski definition) is 1. The Labute approximate surface area is 84.4 Å². The molecule has 0 aliphatic carbocycles. The number of phenols is 1. The Kier molecular flexibility index (Phi) is 4.69. The molecule has 72 valence electrons. The standard InChI is InChI=1S/C11H15ClO/c12-8-3-1-2-5-10-6-4-7-11(13)9-10/h4,6-7,9,13H,1-3,5,8H2. The molecule has 0 amide bonds. The van der Waals surface area contributed by atoms with Crippen LogP contribution in [0.25, 0.3) is 0 Å². The highest BCUT2D eigenvalue weighted by molar-refractivity contribution is 6.17. The van der Waals surface area contributed by atoms with E-state index < -0.39 is 0 Å². The van der Waals surface area contributed by atoms with Crippen LogP contribution in [0.2, 0.25) is 0 Å². The van der Waals surface area contributed by atoms with Gasteiger partial charge < -0.3 is 5.11 Å². The van der Waals surface area contributed by atoms with E-state index in [2.05, 4.69) is 0 Å². The van der Waals surface area contributed by atoms with Crippen LogP contribution in [-0.2, 0) is 6.42 Å². The van der Waals surface area contributed by atoms with E-state index in [0.29, 0.717) is 5.75 Å². The third kappa shape index (κ3) is 4.18. The lowest BCUT2D eigenvalue weighted by Crippen LogP contribution is -1.85. The van der Waals surface area contributed by atoms with Crippen molar-refractivity contribution in [2.24, 2.45) is 0 Å². The Morgan fingerprint density at radius 2 is 2.00 bits per heavy atom. The molecule has 0 fully saturated rings. The average molecular weight is 199 g/mol. The van der Waals surface area contributed by atoms with Crippen molar-refractivity contribution in [2.45, 2.75) is 25.7 Å². The maximum absolute atomic E-state index is 9.19. The summed E-state index contributed by atoms with van der Waals surface area (Å²) in [4.78, 5) is 0. The summed E-state index contributed by atoms with van der Waals surface area (Å²) in [5.74, 6) is 1.11. The van der Waals surface area contributed by atoms with Crippen LogP contribution in [-0.4, -0.2) is 11.0 Å². The molecule has 0 atom stereocenters. The van der Waals surface area contributed by atoms with Crippen LogP contribution in [0.4, 0.5) is 0 Å². The van der Waals surface area contributed by atoms with Gasteiger partial charge in [0, 0.05) is 5.88 Å². The van der Waals surface area contributed by atoms with Gasteiger partial charge in [-0.15, -0.1) is 11.6 Å². The molecule has 1 aromatic rings. The van der Waals surface area contributed by atoms with E-state index in [9.17, 15) is 5.11 Å². The second kappa shape index (κ2) is 5.87. The Morgan fingerprint density at radius 1 is 1.15 bits per heavy atom. The van der Waals surface area contributed by atoms with Crippen molar-refractivity contribution in [3.05, 3.63) is 29.8 Å². The SMILES string of the molecule is Oc1cccc(CCCCCCl)c1. The van der Waals surface area contributed by atoms with E-state index in [1.165, 1.54) is 12.0 Å². The number of unbranched alkanes of at least 4 members (excludes halogenated alkanes) is 2. The first-order valence-corrected chi connectivity index (χ1v) is 5.20. The summed E-state index contributed by atoms with van der Waals surface area (Å²) in [6.45, 7) is 0. The molecular weight excluding hydrogens is 184 g/mol. The van der Waals surface area contributed by atoms with Crippen molar-refractivity contribution in [1.82, 2.24) is 0 Å². The molecule has 1 aromatic carbocycles. The molecule has 13 heavy (non-hydrogen) atoms. The number of halogens is 1. The first kappa shape index (κ1) is 10.4. The largest absolute Gasteiger partial charge is 0.508 e. The van der Waals surface area contributed by atoms with Crippen molar-refractivity contribution in [2.75, 3.05) is 5.88 Å². The molecule has 2 heteroatoms. The van der Waals surface area contributed by atoms with Gasteiger partial charge in [0.05, 0.1) is 0 Å². The van der Waals surface area contributed by atoms with Crippen molar-refractivity contribution in [1.29, 1.82) is 0 Å². The molecule has 1 rings (SSSR count). The van der Waals surface area contributed by atoms with Gasteiger partial charge in [0.2, 0.25) is 0 Å². The number of alkyl halides is 1. The van der Waals surface area contributed by atoms with Crippen LogP contribution in [0.1, 0.15) is 24.8 Å². The first-order chi connectivity index (χ1) is 6.33. The van der Waals surface area contributed by atoms with E-state index in [1.807, 2.05) is 18.2 Å². The molecule has 0 unspecified atom stereocenters. The van der Waals surface area contributed by atoms with E-state index in [-0.39, 0.29) is 0 Å². The summed E-state index contributed by atoms with van der Waals surface area (Å²) in [5, 5.41) is 9.19. The number of aryl methyl sites for hydroxylation is 1. The van der Waals surface area contributed by atoms with Crippen LogP contribution >= 0.6 is 11.6 Å². The highest BCUT2D eigenvalue weighted by Crippen LogP contribution is 2.13. The van der Waals surface area contributed by atoms with Gasteiger partial charge in [-0.2, -0.15) is 0 Å². The van der Waals surface area contributed by atoms with Crippen LogP contribution < -0.4 is 0 Å². The molecule has 0 saturated heterocycles. The van der Waals surface area contributed by atoms with E-state index in [4.69, 9.17) is 11.6 Å². The molecule has 1 nitrogen and oxygen atoms in total. The average Bonchev–Trinajstić information content (AvgIpc) is 2.13. The summed E-state index contributed by atoms with van der Waals surface area (Å²) in [6.07, 6.45) is 4.43. The summed E-state index contributed by atoms with van der Waals surface area (Å²) >= 11 is 5.57. The molecule has 0 aliphatic heterocycles. The lowest BCUT2D eigenvalue weighted by Gasteiger charge is -2.00. The Hall–Kier alpha value is -0.690. The van der Waals surface area contributed by atoms with Gasteiger partial charge in [-0.25, -0.2) is 0 Å². The van der Waals surface area contributed by atoms with Gasteiger partial charge in [-0.1, -0.05) is 18.6 Å². The third-order valence-electron chi connectivity index (χ3n) is 2.01. The normalized spacial score (nSPS) is 10.2. The van der Waals surface area contributed by atoms with Gasteiger partial charge in [-0.05, 0) is 37.0 Å². The minimum absolute atomic E-state index is 0.356. The molecule has 0 aromatic heterocycles. The molecule has 0 radical (unpaired) electrons. The summed E-state index contributed by atoms with van der Waals surface area (Å²) in [7, 11) is 0. The van der Waals surface area contributed by atoms with Crippen LogP contribution in [0, 0.1) is 0 Å². The smallest absolute Gasteiger partial charge is 0.115 e. The van der Waals surface area contributed by atoms with E-state index in [0.717, 1.165) is 25.1 Å². The molecule has 0 bridgehead atoms.